The van der Waals surface area contributed by atoms with Gasteiger partial charge in [-0.3, -0.25) is 43.2 Å². The van der Waals surface area contributed by atoms with E-state index in [-0.39, 0.29) is 102 Å². The lowest BCUT2D eigenvalue weighted by Gasteiger charge is -2.53. The molecule has 20 unspecified atom stereocenters. The van der Waals surface area contributed by atoms with Gasteiger partial charge < -0.3 is 5.11 Å². The molecule has 0 spiro atoms. The van der Waals surface area contributed by atoms with Gasteiger partial charge in [0.2, 0.25) is 0 Å². The van der Waals surface area contributed by atoms with E-state index in [0.717, 1.165) is 55.7 Å². The zero-order chi connectivity index (χ0) is 51.4. The molecule has 0 aliphatic heterocycles. The number of aliphatic carboxylic acids is 1. The minimum Gasteiger partial charge on any atom is -0.481 e. The molecule has 0 aromatic carbocycles. The van der Waals surface area contributed by atoms with E-state index in [1.807, 2.05) is 0 Å². The monoisotopic (exact) mass is 1020 g/mol. The first kappa shape index (κ1) is 47.1. The van der Waals surface area contributed by atoms with Gasteiger partial charge >= 0.3 is 5.97 Å². The molecule has 74 heavy (non-hydrogen) atoms. The van der Waals surface area contributed by atoms with Gasteiger partial charge in [0, 0.05) is 82.9 Å². The van der Waals surface area contributed by atoms with E-state index in [2.05, 4.69) is 25.9 Å². The van der Waals surface area contributed by atoms with Gasteiger partial charge in [-0.15, -0.1) is 11.6 Å². The molecule has 12 nitrogen and oxygen atoms in total. The minimum atomic E-state index is -1.11. The molecule has 2 N–H and O–H groups in total. The number of hydrogen-bond acceptors (Lipinski definition) is 11. The zero-order valence-electron chi connectivity index (χ0n) is 42.0. The summed E-state index contributed by atoms with van der Waals surface area (Å²) >= 11 is 7.72. The Kier molecular flexibility index (Phi) is 10.4. The average molecular weight is 1020 g/mol. The lowest BCUT2D eigenvalue weighted by atomic mass is 9.49. The van der Waals surface area contributed by atoms with E-state index in [1.54, 1.807) is 0 Å². The molecular weight excluding hydrogens is 956 g/mol. The first-order valence-electron chi connectivity index (χ1n) is 27.7. The van der Waals surface area contributed by atoms with E-state index < -0.39 is 100 Å². The Morgan fingerprint density at radius 3 is 1.05 bits per heavy atom. The number of carboxylic acids is 1. The summed E-state index contributed by atoms with van der Waals surface area (Å²) in [5.41, 5.74) is 19.5. The van der Waals surface area contributed by atoms with Crippen molar-refractivity contribution in [1.29, 1.82) is 5.53 Å². The van der Waals surface area contributed by atoms with Gasteiger partial charge in [0.25, 0.3) is 0 Å². The Hall–Kier alpha value is -5.36. The number of carbonyl (C=O) groups is 9. The molecule has 14 rings (SSSR count). The molecule has 0 radical (unpaired) electrons. The van der Waals surface area contributed by atoms with Gasteiger partial charge in [-0.1, -0.05) is 65.4 Å². The van der Waals surface area contributed by atoms with Crippen LogP contribution < -0.4 is 0 Å². The Morgan fingerprint density at radius 1 is 0.432 bits per heavy atom. The van der Waals surface area contributed by atoms with Crippen LogP contribution in [0.5, 0.6) is 0 Å². The molecule has 382 valence electrons. The third-order valence-electron chi connectivity index (χ3n) is 22.6. The number of allylic oxidation sites excluding steroid dienone is 12. The number of nitrogens with one attached hydrogen (secondary N) is 1. The van der Waals surface area contributed by atoms with E-state index in [4.69, 9.17) is 17.1 Å². The van der Waals surface area contributed by atoms with E-state index in [1.165, 1.54) is 24.3 Å². The highest BCUT2D eigenvalue weighted by molar-refractivity contribution is 6.25. The topological polar surface area (TPSA) is 210 Å². The smallest absolute Gasteiger partial charge is 0.314 e. The first-order chi connectivity index (χ1) is 35.4. The fraction of sp³-hybridized carbons (Fsp3) is 0.590. The molecular formula is C61H61ClN2O10. The van der Waals surface area contributed by atoms with Crippen molar-refractivity contribution in [2.75, 3.05) is 0 Å². The Balaban J connectivity index is 0.956. The van der Waals surface area contributed by atoms with Gasteiger partial charge in [0.05, 0.1) is 11.3 Å². The summed E-state index contributed by atoms with van der Waals surface area (Å²) in [7, 11) is 0. The number of ketones is 8. The summed E-state index contributed by atoms with van der Waals surface area (Å²) in [5, 5.41) is 15.0. The highest BCUT2D eigenvalue weighted by Crippen LogP contribution is 2.64. The van der Waals surface area contributed by atoms with E-state index in [9.17, 15) is 29.1 Å². The van der Waals surface area contributed by atoms with Crippen LogP contribution in [0.3, 0.4) is 0 Å². The Morgan fingerprint density at radius 2 is 0.703 bits per heavy atom. The molecule has 3 saturated carbocycles. The standard InChI is InChI=1S/C61H61ClN2O10/c1-21-8-22(2)53-34-13-28-29(51(68)7-6-50(28)67)14-36(34)55(62)37-18-45-44(17-35(37)53)58(70)41-10-25-23(3)24-9-40-46(19-38(24)56(64-63)39(25)20-47(41)60(45)72)59(71)43-16-33-31(15-42(43)57(40)69)52(21)30-11-26-27(49(66)5-4-48(26)65)12-32(30)54(33)61(73)74/h4-7,21-23,26-29,40-47,52-56,63H,8-20H2,1-3H3,(H,73,74). The number of alkyl halides is 1. The van der Waals surface area contributed by atoms with Crippen LogP contribution in [0.1, 0.15) is 104 Å². The summed E-state index contributed by atoms with van der Waals surface area (Å²) in [4.78, 5) is 130. The summed E-state index contributed by atoms with van der Waals surface area (Å²) in [6.45, 7) is 6.47. The Labute approximate surface area is 434 Å². The van der Waals surface area contributed by atoms with Crippen molar-refractivity contribution in [2.24, 2.45) is 112 Å². The van der Waals surface area contributed by atoms with Crippen LogP contribution in [-0.4, -0.2) is 68.8 Å². The van der Waals surface area contributed by atoms with Crippen molar-refractivity contribution in [1.82, 2.24) is 0 Å². The molecule has 0 aromatic heterocycles. The highest BCUT2D eigenvalue weighted by atomic mass is 35.5. The van der Waals surface area contributed by atoms with Crippen molar-refractivity contribution >= 4 is 63.8 Å². The van der Waals surface area contributed by atoms with Crippen LogP contribution in [0.15, 0.2) is 96.3 Å². The van der Waals surface area contributed by atoms with Gasteiger partial charge in [-0.2, -0.15) is 5.11 Å². The predicted molar refractivity (Wildman–Crippen MR) is 267 cm³/mol. The van der Waals surface area contributed by atoms with Crippen LogP contribution in [-0.2, 0) is 43.2 Å². The molecule has 0 amide bonds. The molecule has 14 aliphatic carbocycles. The van der Waals surface area contributed by atoms with Crippen LogP contribution >= 0.6 is 11.6 Å². The second-order valence-electron chi connectivity index (χ2n) is 25.4. The molecule has 3 fully saturated rings. The molecule has 0 aromatic rings. The van der Waals surface area contributed by atoms with Crippen LogP contribution in [0, 0.1) is 112 Å². The maximum Gasteiger partial charge on any atom is 0.314 e. The van der Waals surface area contributed by atoms with Gasteiger partial charge in [0.15, 0.2) is 23.1 Å². The number of nitrogens with zero attached hydrogens (tertiary/aromatic N) is 1. The van der Waals surface area contributed by atoms with Gasteiger partial charge in [0.1, 0.15) is 29.2 Å². The lowest BCUT2D eigenvalue weighted by Crippen LogP contribution is -2.54. The van der Waals surface area contributed by atoms with Crippen molar-refractivity contribution in [3.63, 3.8) is 0 Å². The number of halogens is 1. The zero-order valence-corrected chi connectivity index (χ0v) is 42.8. The molecule has 8 bridgehead atoms. The quantitative estimate of drug-likeness (QED) is 0.152. The number of rotatable bonds is 2. The third kappa shape index (κ3) is 6.23. The molecule has 0 saturated heterocycles. The summed E-state index contributed by atoms with van der Waals surface area (Å²) in [6.07, 6.45) is 9.35. The van der Waals surface area contributed by atoms with E-state index >= 15 is 19.2 Å². The largest absolute Gasteiger partial charge is 0.481 e. The van der Waals surface area contributed by atoms with Gasteiger partial charge in [-0.05, 0) is 148 Å². The maximum absolute atomic E-state index is 15.5. The normalized spacial score (nSPS) is 44.8. The Bertz CT molecular complexity index is 3140. The van der Waals surface area contributed by atoms with Crippen molar-refractivity contribution in [3.8, 4) is 0 Å². The molecule has 13 heteroatoms. The number of carboxylic acid groups (broad SMARTS) is 1. The molecule has 0 heterocycles. The lowest BCUT2D eigenvalue weighted by molar-refractivity contribution is -0.149. The minimum absolute atomic E-state index is 0.0142. The summed E-state index contributed by atoms with van der Waals surface area (Å²) < 4.78 is 0. The van der Waals surface area contributed by atoms with Crippen molar-refractivity contribution in [3.05, 3.63) is 91.2 Å². The van der Waals surface area contributed by atoms with Crippen LogP contribution in [0.25, 0.3) is 0 Å². The second-order valence-corrected chi connectivity index (χ2v) is 25.9. The van der Waals surface area contributed by atoms with Crippen molar-refractivity contribution < 1.29 is 48.3 Å². The predicted octanol–water partition coefficient (Wildman–Crippen LogP) is 8.94. The highest BCUT2D eigenvalue weighted by Gasteiger charge is 2.61. The van der Waals surface area contributed by atoms with E-state index in [0.29, 0.717) is 62.5 Å². The van der Waals surface area contributed by atoms with Crippen LogP contribution in [0.4, 0.5) is 0 Å². The number of hydrogen-bond donors (Lipinski definition) is 2. The maximum atomic E-state index is 15.5. The number of carbonyl (C=O) groups excluding carboxylic acids is 8. The summed E-state index contributed by atoms with van der Waals surface area (Å²) in [6, 6.07) is -0.710. The van der Waals surface area contributed by atoms with Crippen molar-refractivity contribution in [2.45, 2.75) is 116 Å². The SMILES string of the molecule is CC1C2=C3CC4C(=O)C5CC6=C(CC5C(=O)C4C2)C(C2=C(CC4C(=O)C=CC(=O)C4C2)C6Cl)C(C)CC(C)C2C4=C(CC5C(=O)C=CC(=O)C5C4)C(C(=O)O)C4=C2CC2C(=O)C5CC1=C(CC5C(=O)C2C4)C3N=N. The second kappa shape index (κ2) is 16.3. The molecule has 14 aliphatic rings. The molecule has 20 atom stereocenters. The third-order valence-corrected chi connectivity index (χ3v) is 23.2. The number of fused-ring (bicyclic) bond motifs is 4. The van der Waals surface area contributed by atoms with Gasteiger partial charge in [-0.25, -0.2) is 5.53 Å². The fourth-order valence-electron chi connectivity index (χ4n) is 19.5. The summed E-state index contributed by atoms with van der Waals surface area (Å²) in [5.74, 6) is -11.3. The fourth-order valence-corrected chi connectivity index (χ4v) is 20.0. The number of Topliss-reactive ketones (excluding diaryl/α,β-unsaturated/α-hetero) is 4. The van der Waals surface area contributed by atoms with Crippen LogP contribution in [0.2, 0.25) is 0 Å². The first-order valence-corrected chi connectivity index (χ1v) is 28.1. The average Bonchev–Trinajstić information content (AvgIpc) is 3.40.